The fourth-order valence-corrected chi connectivity index (χ4v) is 1.80. The Balaban J connectivity index is 2.34. The van der Waals surface area contributed by atoms with E-state index in [0.717, 1.165) is 0 Å². The zero-order valence-electron chi connectivity index (χ0n) is 10.1. The number of carbonyl (C=O) groups excluding carboxylic acids is 1. The van der Waals surface area contributed by atoms with Crippen LogP contribution in [0.25, 0.3) is 0 Å². The zero-order chi connectivity index (χ0) is 13.4. The lowest BCUT2D eigenvalue weighted by molar-refractivity contribution is -0.141. The number of aliphatic carboxylic acids is 1. The first-order valence-electron chi connectivity index (χ1n) is 5.47. The molecule has 1 rings (SSSR count). The maximum absolute atomic E-state index is 11.6. The Kier molecular flexibility index (Phi) is 6.20. The van der Waals surface area contributed by atoms with Crippen LogP contribution in [0, 0.1) is 0 Å². The van der Waals surface area contributed by atoms with Crippen LogP contribution in [0.2, 0.25) is 0 Å². The lowest BCUT2D eigenvalue weighted by Gasteiger charge is -2.13. The number of carboxylic acid groups (broad SMARTS) is 1. The molecule has 100 valence electrons. The zero-order valence-corrected chi connectivity index (χ0v) is 10.9. The summed E-state index contributed by atoms with van der Waals surface area (Å²) in [4.78, 5) is 26.2. The molecule has 7 nitrogen and oxygen atoms in total. The lowest BCUT2D eigenvalue weighted by Crippen LogP contribution is -2.41. The second kappa shape index (κ2) is 7.70. The highest BCUT2D eigenvalue weighted by Gasteiger charge is 2.18. The van der Waals surface area contributed by atoms with E-state index in [4.69, 9.17) is 5.11 Å². The summed E-state index contributed by atoms with van der Waals surface area (Å²) in [6, 6.07) is -0.819. The van der Waals surface area contributed by atoms with E-state index in [1.807, 2.05) is 6.26 Å². The summed E-state index contributed by atoms with van der Waals surface area (Å²) in [5.41, 5.74) is 0. The minimum Gasteiger partial charge on any atom is -0.480 e. The molecule has 1 heterocycles. The summed E-state index contributed by atoms with van der Waals surface area (Å²) >= 11 is 1.55. The molecule has 0 spiro atoms. The Hall–Kier alpha value is -1.57. The Labute approximate surface area is 109 Å². The van der Waals surface area contributed by atoms with Crippen molar-refractivity contribution in [2.45, 2.75) is 25.4 Å². The van der Waals surface area contributed by atoms with Gasteiger partial charge in [-0.25, -0.2) is 9.78 Å². The fraction of sp³-hybridized carbons (Fsp3) is 0.600. The first-order chi connectivity index (χ1) is 8.63. The number of hydrogen-bond donors (Lipinski definition) is 2. The standard InChI is InChI=1S/C10H16N4O3S/c1-18-5-3-8(10(16)17)13-9(15)2-4-14-7-11-6-12-14/h6-8H,2-5H2,1H3,(H,13,15)(H,16,17)/t8-/m0/s1. The molecule has 2 N–H and O–H groups in total. The average molecular weight is 272 g/mol. The fourth-order valence-electron chi connectivity index (χ4n) is 1.32. The Morgan fingerprint density at radius 1 is 1.56 bits per heavy atom. The predicted molar refractivity (Wildman–Crippen MR) is 67.2 cm³/mol. The normalized spacial score (nSPS) is 12.1. The Morgan fingerprint density at radius 3 is 2.89 bits per heavy atom. The van der Waals surface area contributed by atoms with Gasteiger partial charge in [-0.3, -0.25) is 9.48 Å². The third-order valence-corrected chi connectivity index (χ3v) is 2.92. The van der Waals surface area contributed by atoms with Crippen molar-refractivity contribution in [1.82, 2.24) is 20.1 Å². The van der Waals surface area contributed by atoms with Crippen LogP contribution >= 0.6 is 11.8 Å². The Bertz CT molecular complexity index is 382. The number of thioether (sulfide) groups is 1. The number of nitrogens with one attached hydrogen (secondary N) is 1. The quantitative estimate of drug-likeness (QED) is 0.691. The van der Waals surface area contributed by atoms with Crippen molar-refractivity contribution < 1.29 is 14.7 Å². The van der Waals surface area contributed by atoms with Crippen molar-refractivity contribution in [2.75, 3.05) is 12.0 Å². The van der Waals surface area contributed by atoms with Crippen molar-refractivity contribution in [2.24, 2.45) is 0 Å². The van der Waals surface area contributed by atoms with Crippen LogP contribution in [0.3, 0.4) is 0 Å². The second-order valence-corrected chi connectivity index (χ2v) is 4.63. The van der Waals surface area contributed by atoms with Gasteiger partial charge in [0.2, 0.25) is 5.91 Å². The summed E-state index contributed by atoms with van der Waals surface area (Å²) in [5, 5.41) is 15.3. The van der Waals surface area contributed by atoms with Gasteiger partial charge in [-0.2, -0.15) is 16.9 Å². The monoisotopic (exact) mass is 272 g/mol. The molecule has 0 radical (unpaired) electrons. The largest absolute Gasteiger partial charge is 0.480 e. The van der Waals surface area contributed by atoms with Gasteiger partial charge in [-0.05, 0) is 18.4 Å². The second-order valence-electron chi connectivity index (χ2n) is 3.65. The Morgan fingerprint density at radius 2 is 2.33 bits per heavy atom. The number of aryl methyl sites for hydroxylation is 1. The molecule has 1 amide bonds. The van der Waals surface area contributed by atoms with Crippen LogP contribution in [-0.4, -0.2) is 49.8 Å². The van der Waals surface area contributed by atoms with Gasteiger partial charge in [-0.15, -0.1) is 0 Å². The number of amides is 1. The highest BCUT2D eigenvalue weighted by Crippen LogP contribution is 2.01. The molecule has 0 aliphatic heterocycles. The van der Waals surface area contributed by atoms with Crippen LogP contribution in [0.5, 0.6) is 0 Å². The van der Waals surface area contributed by atoms with E-state index in [0.29, 0.717) is 18.7 Å². The molecule has 0 aliphatic carbocycles. The van der Waals surface area contributed by atoms with E-state index in [2.05, 4.69) is 15.4 Å². The van der Waals surface area contributed by atoms with E-state index in [1.165, 1.54) is 17.3 Å². The summed E-state index contributed by atoms with van der Waals surface area (Å²) in [6.07, 6.45) is 5.40. The van der Waals surface area contributed by atoms with Crippen molar-refractivity contribution >= 4 is 23.6 Å². The number of rotatable bonds is 8. The van der Waals surface area contributed by atoms with Crippen LogP contribution in [0.15, 0.2) is 12.7 Å². The van der Waals surface area contributed by atoms with E-state index in [-0.39, 0.29) is 12.3 Å². The minimum atomic E-state index is -1.00. The molecule has 0 fully saturated rings. The van der Waals surface area contributed by atoms with Crippen LogP contribution < -0.4 is 5.32 Å². The molecule has 1 aromatic rings. The summed E-state index contributed by atoms with van der Waals surface area (Å²) in [7, 11) is 0. The average Bonchev–Trinajstić information content (AvgIpc) is 2.84. The lowest BCUT2D eigenvalue weighted by atomic mass is 10.2. The van der Waals surface area contributed by atoms with Gasteiger partial charge in [0.1, 0.15) is 18.7 Å². The van der Waals surface area contributed by atoms with Crippen LogP contribution in [0.4, 0.5) is 0 Å². The van der Waals surface area contributed by atoms with Crippen LogP contribution in [-0.2, 0) is 16.1 Å². The van der Waals surface area contributed by atoms with E-state index >= 15 is 0 Å². The van der Waals surface area contributed by atoms with Gasteiger partial charge in [0.25, 0.3) is 0 Å². The molecule has 18 heavy (non-hydrogen) atoms. The molecule has 0 bridgehead atoms. The van der Waals surface area contributed by atoms with E-state index < -0.39 is 12.0 Å². The SMILES string of the molecule is CSCC[C@H](NC(=O)CCn1cncn1)C(=O)O. The van der Waals surface area contributed by atoms with E-state index in [1.54, 1.807) is 11.8 Å². The van der Waals surface area contributed by atoms with Gasteiger partial charge in [0.05, 0.1) is 6.54 Å². The predicted octanol–water partition coefficient (Wildman–Crippen LogP) is -0.00930. The number of carbonyl (C=O) groups is 2. The topological polar surface area (TPSA) is 97.1 Å². The van der Waals surface area contributed by atoms with Gasteiger partial charge in [-0.1, -0.05) is 0 Å². The molecular formula is C10H16N4O3S. The number of carboxylic acids is 1. The van der Waals surface area contributed by atoms with Crippen molar-refractivity contribution in [3.8, 4) is 0 Å². The van der Waals surface area contributed by atoms with Crippen LogP contribution in [0.1, 0.15) is 12.8 Å². The molecule has 0 aromatic carbocycles. The molecule has 1 aromatic heterocycles. The number of hydrogen-bond acceptors (Lipinski definition) is 5. The summed E-state index contributed by atoms with van der Waals surface area (Å²) < 4.78 is 1.53. The highest BCUT2D eigenvalue weighted by atomic mass is 32.2. The number of aromatic nitrogens is 3. The molecule has 8 heteroatoms. The molecule has 0 aliphatic rings. The maximum Gasteiger partial charge on any atom is 0.326 e. The molecule has 1 atom stereocenters. The van der Waals surface area contributed by atoms with Gasteiger partial charge in [0, 0.05) is 6.42 Å². The maximum atomic E-state index is 11.6. The molecule has 0 saturated carbocycles. The van der Waals surface area contributed by atoms with E-state index in [9.17, 15) is 9.59 Å². The molecular weight excluding hydrogens is 256 g/mol. The summed E-state index contributed by atoms with van der Waals surface area (Å²) in [5.74, 6) is -0.600. The van der Waals surface area contributed by atoms with Gasteiger partial charge < -0.3 is 10.4 Å². The third-order valence-electron chi connectivity index (χ3n) is 2.28. The van der Waals surface area contributed by atoms with Gasteiger partial charge in [0.15, 0.2) is 0 Å². The highest BCUT2D eigenvalue weighted by molar-refractivity contribution is 7.98. The first-order valence-corrected chi connectivity index (χ1v) is 6.86. The summed E-state index contributed by atoms with van der Waals surface area (Å²) in [6.45, 7) is 0.390. The molecule has 0 saturated heterocycles. The first kappa shape index (κ1) is 14.5. The van der Waals surface area contributed by atoms with Crippen molar-refractivity contribution in [3.05, 3.63) is 12.7 Å². The van der Waals surface area contributed by atoms with Crippen molar-refractivity contribution in [1.29, 1.82) is 0 Å². The van der Waals surface area contributed by atoms with Gasteiger partial charge >= 0.3 is 5.97 Å². The molecule has 0 unspecified atom stereocenters. The minimum absolute atomic E-state index is 0.187. The third kappa shape index (κ3) is 5.17. The smallest absolute Gasteiger partial charge is 0.326 e. The number of nitrogens with zero attached hydrogens (tertiary/aromatic N) is 3. The van der Waals surface area contributed by atoms with Crippen molar-refractivity contribution in [3.63, 3.8) is 0 Å².